The van der Waals surface area contributed by atoms with Crippen molar-refractivity contribution in [1.29, 1.82) is 0 Å². The molecule has 0 spiro atoms. The van der Waals surface area contributed by atoms with E-state index in [0.29, 0.717) is 59.2 Å². The summed E-state index contributed by atoms with van der Waals surface area (Å²) >= 11 is 0. The highest BCUT2D eigenvalue weighted by molar-refractivity contribution is 5.80. The maximum Gasteiger partial charge on any atom is 0.288 e. The predicted octanol–water partition coefficient (Wildman–Crippen LogP) is 5.14. The van der Waals surface area contributed by atoms with Crippen LogP contribution in [0.25, 0.3) is 21.6 Å². The largest absolute Gasteiger partial charge is 0.493 e. The molecule has 0 saturated carbocycles. The number of halogens is 2. The molecule has 0 aliphatic carbocycles. The summed E-state index contributed by atoms with van der Waals surface area (Å²) in [4.78, 5) is 14.3. The molecule has 1 aliphatic rings. The van der Waals surface area contributed by atoms with Crippen LogP contribution in [0.5, 0.6) is 5.75 Å². The van der Waals surface area contributed by atoms with Gasteiger partial charge in [-0.05, 0) is 50.3 Å². The van der Waals surface area contributed by atoms with Crippen LogP contribution in [-0.2, 0) is 19.5 Å². The Morgan fingerprint density at radius 1 is 1.20 bits per heavy atom. The minimum absolute atomic E-state index is 0.184. The van der Waals surface area contributed by atoms with E-state index in [0.717, 1.165) is 11.1 Å². The molecule has 178 valence electrons. The molecule has 1 aliphatic heterocycles. The molecule has 0 unspecified atom stereocenters. The molecule has 4 aromatic rings. The predicted molar refractivity (Wildman–Crippen MR) is 130 cm³/mol. The highest BCUT2D eigenvalue weighted by Gasteiger charge is 2.21. The Balaban J connectivity index is 1.54. The quantitative estimate of drug-likeness (QED) is 0.392. The normalized spacial score (nSPS) is 12.6. The number of hydrogen-bond acceptors (Lipinski definition) is 5. The molecule has 0 saturated heterocycles. The molecule has 1 N–H and O–H groups in total. The number of benzene rings is 2. The maximum absolute atomic E-state index is 15.0. The standard InChI is InChI=1S/C26H24F2N6O/c1-15-9-16(10-22(28)20(15)13-33(3)4)18-11-30-26(34-14-24(29-2)32-25(18)34)31-12-19-17-7-8-35-23(17)6-5-21(19)27/h5-6,9-11,14H,7-8,12-13H2,1,3-4H3,(H,30,31). The number of aromatic nitrogens is 3. The molecule has 0 amide bonds. The third kappa shape index (κ3) is 4.17. The summed E-state index contributed by atoms with van der Waals surface area (Å²) in [5, 5.41) is 3.18. The fourth-order valence-corrected chi connectivity index (χ4v) is 4.47. The fraction of sp³-hybridized carbons (Fsp3) is 0.269. The van der Waals surface area contributed by atoms with Crippen LogP contribution in [0.4, 0.5) is 20.5 Å². The topological polar surface area (TPSA) is 59.1 Å². The van der Waals surface area contributed by atoms with Crippen LogP contribution in [0.1, 0.15) is 22.3 Å². The van der Waals surface area contributed by atoms with E-state index in [2.05, 4.69) is 20.1 Å². The first-order valence-corrected chi connectivity index (χ1v) is 11.2. The summed E-state index contributed by atoms with van der Waals surface area (Å²) in [6, 6.07) is 6.43. The summed E-state index contributed by atoms with van der Waals surface area (Å²) < 4.78 is 36.8. The van der Waals surface area contributed by atoms with Gasteiger partial charge in [-0.25, -0.2) is 13.8 Å². The van der Waals surface area contributed by atoms with E-state index in [-0.39, 0.29) is 24.0 Å². The summed E-state index contributed by atoms with van der Waals surface area (Å²) in [5.41, 5.74) is 4.52. The molecule has 2 aromatic heterocycles. The second kappa shape index (κ2) is 8.96. The lowest BCUT2D eigenvalue weighted by Gasteiger charge is -2.15. The van der Waals surface area contributed by atoms with Gasteiger partial charge in [0.1, 0.15) is 17.4 Å². The Bertz CT molecular complexity index is 1460. The van der Waals surface area contributed by atoms with Crippen LogP contribution >= 0.6 is 0 Å². The molecule has 7 nitrogen and oxygen atoms in total. The second-order valence-electron chi connectivity index (χ2n) is 8.85. The molecule has 0 bridgehead atoms. The van der Waals surface area contributed by atoms with Crippen LogP contribution in [0.2, 0.25) is 0 Å². The molecular formula is C26H24F2N6O. The van der Waals surface area contributed by atoms with Gasteiger partial charge in [0.25, 0.3) is 5.82 Å². The summed E-state index contributed by atoms with van der Waals surface area (Å²) in [6.45, 7) is 10.5. The van der Waals surface area contributed by atoms with Gasteiger partial charge in [-0.15, -0.1) is 0 Å². The average Bonchev–Trinajstić information content (AvgIpc) is 3.47. The van der Waals surface area contributed by atoms with Crippen LogP contribution < -0.4 is 10.1 Å². The van der Waals surface area contributed by atoms with Crippen molar-refractivity contribution in [3.05, 3.63) is 82.0 Å². The lowest BCUT2D eigenvalue weighted by molar-refractivity contribution is 0.356. The number of rotatable bonds is 6. The van der Waals surface area contributed by atoms with E-state index < -0.39 is 0 Å². The summed E-state index contributed by atoms with van der Waals surface area (Å²) in [5.74, 6) is 0.671. The van der Waals surface area contributed by atoms with Crippen molar-refractivity contribution < 1.29 is 13.5 Å². The lowest BCUT2D eigenvalue weighted by Crippen LogP contribution is -2.13. The number of nitrogens with zero attached hydrogens (tertiary/aromatic N) is 5. The first kappa shape index (κ1) is 22.7. The van der Waals surface area contributed by atoms with E-state index in [4.69, 9.17) is 11.3 Å². The van der Waals surface area contributed by atoms with Crippen LogP contribution in [0, 0.1) is 25.1 Å². The van der Waals surface area contributed by atoms with Crippen molar-refractivity contribution in [1.82, 2.24) is 19.3 Å². The minimum Gasteiger partial charge on any atom is -0.493 e. The van der Waals surface area contributed by atoms with E-state index in [9.17, 15) is 8.78 Å². The summed E-state index contributed by atoms with van der Waals surface area (Å²) in [6.07, 6.45) is 3.82. The second-order valence-corrected chi connectivity index (χ2v) is 8.85. The molecule has 2 aromatic carbocycles. The number of ether oxygens (including phenoxy) is 1. The maximum atomic E-state index is 15.0. The Kier molecular flexibility index (Phi) is 5.83. The fourth-order valence-electron chi connectivity index (χ4n) is 4.47. The Hall–Kier alpha value is -4.03. The van der Waals surface area contributed by atoms with E-state index in [1.165, 1.54) is 12.1 Å². The zero-order valence-electron chi connectivity index (χ0n) is 19.7. The van der Waals surface area contributed by atoms with Crippen molar-refractivity contribution in [2.24, 2.45) is 0 Å². The molecule has 9 heteroatoms. The van der Waals surface area contributed by atoms with Gasteiger partial charge in [-0.3, -0.25) is 4.40 Å². The van der Waals surface area contributed by atoms with Crippen LogP contribution in [0.3, 0.4) is 0 Å². The Morgan fingerprint density at radius 2 is 2.03 bits per heavy atom. The van der Waals surface area contributed by atoms with Gasteiger partial charge >= 0.3 is 0 Å². The number of aryl methyl sites for hydroxylation is 1. The third-order valence-electron chi connectivity index (χ3n) is 6.16. The van der Waals surface area contributed by atoms with Gasteiger partial charge in [-0.2, -0.15) is 0 Å². The van der Waals surface area contributed by atoms with Crippen molar-refractivity contribution in [3.63, 3.8) is 0 Å². The minimum atomic E-state index is -0.314. The molecule has 0 fully saturated rings. The molecule has 5 rings (SSSR count). The number of nitrogens with one attached hydrogen (secondary N) is 1. The average molecular weight is 475 g/mol. The number of fused-ring (bicyclic) bond motifs is 2. The monoisotopic (exact) mass is 474 g/mol. The van der Waals surface area contributed by atoms with Crippen LogP contribution in [0.15, 0.2) is 36.7 Å². The Labute approximate surface area is 201 Å². The Morgan fingerprint density at radius 3 is 2.77 bits per heavy atom. The first-order valence-electron chi connectivity index (χ1n) is 11.2. The number of anilines is 1. The number of hydrogen-bond donors (Lipinski definition) is 1. The zero-order valence-corrected chi connectivity index (χ0v) is 19.7. The lowest BCUT2D eigenvalue weighted by atomic mass is 10.00. The molecule has 35 heavy (non-hydrogen) atoms. The van der Waals surface area contributed by atoms with Gasteiger partial charge in [-0.1, -0.05) is 17.6 Å². The van der Waals surface area contributed by atoms with E-state index in [1.807, 2.05) is 32.0 Å². The third-order valence-corrected chi connectivity index (χ3v) is 6.16. The first-order chi connectivity index (χ1) is 16.9. The van der Waals surface area contributed by atoms with Crippen molar-refractivity contribution >= 4 is 17.4 Å². The molecule has 0 radical (unpaired) electrons. The van der Waals surface area contributed by atoms with Gasteiger partial charge in [0.2, 0.25) is 11.6 Å². The van der Waals surface area contributed by atoms with Gasteiger partial charge in [0, 0.05) is 48.6 Å². The van der Waals surface area contributed by atoms with Gasteiger partial charge in [0.05, 0.1) is 12.2 Å². The van der Waals surface area contributed by atoms with E-state index >= 15 is 0 Å². The molecule has 3 heterocycles. The molecular weight excluding hydrogens is 450 g/mol. The van der Waals surface area contributed by atoms with Crippen molar-refractivity contribution in [2.45, 2.75) is 26.4 Å². The zero-order chi connectivity index (χ0) is 24.7. The summed E-state index contributed by atoms with van der Waals surface area (Å²) in [7, 11) is 3.79. The van der Waals surface area contributed by atoms with Crippen molar-refractivity contribution in [3.8, 4) is 16.9 Å². The molecule has 0 atom stereocenters. The number of imidazole rings is 1. The van der Waals surface area contributed by atoms with Crippen LogP contribution in [-0.4, -0.2) is 40.0 Å². The van der Waals surface area contributed by atoms with Gasteiger partial charge in [0.15, 0.2) is 0 Å². The van der Waals surface area contributed by atoms with Crippen molar-refractivity contribution in [2.75, 3.05) is 26.0 Å². The van der Waals surface area contributed by atoms with Gasteiger partial charge < -0.3 is 19.8 Å². The SMILES string of the molecule is [C-]#[N+]c1cn2c(NCc3c(F)ccc4c3CCO4)ncc(-c3cc(C)c(CN(C)C)c(F)c3)c2n1. The highest BCUT2D eigenvalue weighted by atomic mass is 19.1. The highest BCUT2D eigenvalue weighted by Crippen LogP contribution is 2.33. The smallest absolute Gasteiger partial charge is 0.288 e. The van der Waals surface area contributed by atoms with E-state index in [1.54, 1.807) is 22.9 Å².